The highest BCUT2D eigenvalue weighted by atomic mass is 16.3. The largest absolute Gasteiger partial charge is 0.392 e. The molecule has 1 rings (SSSR count). The van der Waals surface area contributed by atoms with Crippen LogP contribution in [0, 0.1) is 0 Å². The number of nitrogens with zero attached hydrogens (tertiary/aromatic N) is 1. The first-order chi connectivity index (χ1) is 9.00. The van der Waals surface area contributed by atoms with Crippen LogP contribution in [-0.4, -0.2) is 50.8 Å². The summed E-state index contributed by atoms with van der Waals surface area (Å²) in [5, 5.41) is 15.0. The first-order valence-electron chi connectivity index (χ1n) is 6.45. The fraction of sp³-hybridized carbons (Fsp3) is 0.500. The Balaban J connectivity index is 2.39. The first kappa shape index (κ1) is 15.5. The number of anilines is 1. The molecular weight excluding hydrogens is 242 g/mol. The van der Waals surface area contributed by atoms with E-state index in [1.54, 1.807) is 13.0 Å². The second kappa shape index (κ2) is 7.76. The molecule has 5 nitrogen and oxygen atoms in total. The van der Waals surface area contributed by atoms with Crippen molar-refractivity contribution in [3.63, 3.8) is 0 Å². The van der Waals surface area contributed by atoms with E-state index in [-0.39, 0.29) is 12.0 Å². The van der Waals surface area contributed by atoms with E-state index < -0.39 is 0 Å². The van der Waals surface area contributed by atoms with Gasteiger partial charge in [0.25, 0.3) is 5.91 Å². The van der Waals surface area contributed by atoms with Gasteiger partial charge in [-0.05, 0) is 25.1 Å². The minimum atomic E-state index is -0.368. The molecule has 3 N–H and O–H groups in total. The van der Waals surface area contributed by atoms with Gasteiger partial charge in [0.2, 0.25) is 0 Å². The SMILES string of the molecule is CC(O)CNCCNC(=O)c1cccc(N(C)C)c1. The maximum atomic E-state index is 11.9. The molecular formula is C14H23N3O2. The van der Waals surface area contributed by atoms with Crippen molar-refractivity contribution in [3.8, 4) is 0 Å². The molecule has 0 radical (unpaired) electrons. The van der Waals surface area contributed by atoms with Crippen molar-refractivity contribution in [3.05, 3.63) is 29.8 Å². The van der Waals surface area contributed by atoms with Gasteiger partial charge < -0.3 is 20.6 Å². The van der Waals surface area contributed by atoms with Gasteiger partial charge in [0.1, 0.15) is 0 Å². The second-order valence-corrected chi connectivity index (χ2v) is 4.75. The zero-order valence-corrected chi connectivity index (χ0v) is 11.8. The summed E-state index contributed by atoms with van der Waals surface area (Å²) < 4.78 is 0. The van der Waals surface area contributed by atoms with Crippen LogP contribution < -0.4 is 15.5 Å². The van der Waals surface area contributed by atoms with E-state index in [2.05, 4.69) is 10.6 Å². The molecule has 0 fully saturated rings. The Bertz CT molecular complexity index is 405. The van der Waals surface area contributed by atoms with E-state index in [0.717, 1.165) is 5.69 Å². The summed E-state index contributed by atoms with van der Waals surface area (Å²) in [7, 11) is 3.88. The van der Waals surface area contributed by atoms with Crippen LogP contribution in [-0.2, 0) is 0 Å². The van der Waals surface area contributed by atoms with E-state index in [0.29, 0.717) is 25.2 Å². The van der Waals surface area contributed by atoms with Crippen LogP contribution in [0.2, 0.25) is 0 Å². The maximum Gasteiger partial charge on any atom is 0.251 e. The molecule has 0 heterocycles. The van der Waals surface area contributed by atoms with Gasteiger partial charge >= 0.3 is 0 Å². The van der Waals surface area contributed by atoms with Crippen molar-refractivity contribution in [2.24, 2.45) is 0 Å². The van der Waals surface area contributed by atoms with Gasteiger partial charge in [-0.3, -0.25) is 4.79 Å². The van der Waals surface area contributed by atoms with Crippen LogP contribution >= 0.6 is 0 Å². The smallest absolute Gasteiger partial charge is 0.251 e. The summed E-state index contributed by atoms with van der Waals surface area (Å²) in [6.07, 6.45) is -0.368. The predicted molar refractivity (Wildman–Crippen MR) is 77.7 cm³/mol. The van der Waals surface area contributed by atoms with Gasteiger partial charge in [-0.25, -0.2) is 0 Å². The first-order valence-corrected chi connectivity index (χ1v) is 6.45. The van der Waals surface area contributed by atoms with E-state index in [9.17, 15) is 4.79 Å². The van der Waals surface area contributed by atoms with E-state index in [4.69, 9.17) is 5.11 Å². The van der Waals surface area contributed by atoms with Crippen molar-refractivity contribution in [2.45, 2.75) is 13.0 Å². The third kappa shape index (κ3) is 5.72. The summed E-state index contributed by atoms with van der Waals surface area (Å²) in [4.78, 5) is 13.9. The van der Waals surface area contributed by atoms with Crippen molar-refractivity contribution in [1.82, 2.24) is 10.6 Å². The highest BCUT2D eigenvalue weighted by molar-refractivity contribution is 5.95. The molecule has 0 saturated carbocycles. The highest BCUT2D eigenvalue weighted by Crippen LogP contribution is 2.12. The molecule has 0 aromatic heterocycles. The van der Waals surface area contributed by atoms with Gasteiger partial charge in [0.05, 0.1) is 6.10 Å². The molecule has 1 atom stereocenters. The number of amides is 1. The molecule has 19 heavy (non-hydrogen) atoms. The number of benzene rings is 1. The molecule has 1 aromatic carbocycles. The predicted octanol–water partition coefficient (Wildman–Crippen LogP) is 0.453. The average Bonchev–Trinajstić information content (AvgIpc) is 2.37. The third-order valence-corrected chi connectivity index (χ3v) is 2.65. The molecule has 0 saturated heterocycles. The highest BCUT2D eigenvalue weighted by Gasteiger charge is 2.06. The fourth-order valence-corrected chi connectivity index (χ4v) is 1.60. The van der Waals surface area contributed by atoms with E-state index in [1.165, 1.54) is 0 Å². The maximum absolute atomic E-state index is 11.9. The molecule has 0 spiro atoms. The number of aliphatic hydroxyl groups excluding tert-OH is 1. The number of aliphatic hydroxyl groups is 1. The average molecular weight is 265 g/mol. The van der Waals surface area contributed by atoms with Crippen LogP contribution in [0.1, 0.15) is 17.3 Å². The van der Waals surface area contributed by atoms with Gasteiger partial charge in [-0.15, -0.1) is 0 Å². The third-order valence-electron chi connectivity index (χ3n) is 2.65. The Morgan fingerprint density at radius 1 is 1.37 bits per heavy atom. The monoisotopic (exact) mass is 265 g/mol. The molecule has 1 unspecified atom stereocenters. The van der Waals surface area contributed by atoms with Crippen molar-refractivity contribution < 1.29 is 9.90 Å². The van der Waals surface area contributed by atoms with Crippen LogP contribution in [0.3, 0.4) is 0 Å². The Morgan fingerprint density at radius 2 is 2.11 bits per heavy atom. The van der Waals surface area contributed by atoms with Gasteiger partial charge in [-0.2, -0.15) is 0 Å². The van der Waals surface area contributed by atoms with E-state index in [1.807, 2.05) is 37.2 Å². The lowest BCUT2D eigenvalue weighted by Crippen LogP contribution is -2.34. The number of hydrogen-bond donors (Lipinski definition) is 3. The molecule has 0 aliphatic rings. The summed E-state index contributed by atoms with van der Waals surface area (Å²) >= 11 is 0. The van der Waals surface area contributed by atoms with Crippen LogP contribution in [0.4, 0.5) is 5.69 Å². The molecule has 0 aliphatic heterocycles. The summed E-state index contributed by atoms with van der Waals surface area (Å²) in [5.74, 6) is -0.0810. The lowest BCUT2D eigenvalue weighted by Gasteiger charge is -2.13. The molecule has 106 valence electrons. The second-order valence-electron chi connectivity index (χ2n) is 4.75. The van der Waals surface area contributed by atoms with Crippen molar-refractivity contribution in [2.75, 3.05) is 38.6 Å². The van der Waals surface area contributed by atoms with Gasteiger partial charge in [-0.1, -0.05) is 6.07 Å². The van der Waals surface area contributed by atoms with E-state index >= 15 is 0 Å². The molecule has 0 bridgehead atoms. The van der Waals surface area contributed by atoms with Crippen LogP contribution in [0.5, 0.6) is 0 Å². The van der Waals surface area contributed by atoms with Crippen molar-refractivity contribution in [1.29, 1.82) is 0 Å². The number of carbonyl (C=O) groups is 1. The Hall–Kier alpha value is -1.59. The normalized spacial score (nSPS) is 12.0. The molecule has 5 heteroatoms. The van der Waals surface area contributed by atoms with Gasteiger partial charge in [0.15, 0.2) is 0 Å². The minimum absolute atomic E-state index is 0.0810. The zero-order chi connectivity index (χ0) is 14.3. The molecule has 0 aliphatic carbocycles. The summed E-state index contributed by atoms with van der Waals surface area (Å²) in [6, 6.07) is 7.49. The minimum Gasteiger partial charge on any atom is -0.392 e. The topological polar surface area (TPSA) is 64.6 Å². The standard InChI is InChI=1S/C14H23N3O2/c1-11(18)10-15-7-8-16-14(19)12-5-4-6-13(9-12)17(2)3/h4-6,9,11,15,18H,7-8,10H2,1-3H3,(H,16,19). The Morgan fingerprint density at radius 3 is 2.74 bits per heavy atom. The molecule has 1 aromatic rings. The number of rotatable bonds is 7. The van der Waals surface area contributed by atoms with Crippen LogP contribution in [0.25, 0.3) is 0 Å². The quantitative estimate of drug-likeness (QED) is 0.627. The van der Waals surface area contributed by atoms with Crippen molar-refractivity contribution >= 4 is 11.6 Å². The van der Waals surface area contributed by atoms with Crippen LogP contribution in [0.15, 0.2) is 24.3 Å². The fourth-order valence-electron chi connectivity index (χ4n) is 1.60. The summed E-state index contributed by atoms with van der Waals surface area (Å²) in [5.41, 5.74) is 1.65. The Labute approximate surface area is 114 Å². The lowest BCUT2D eigenvalue weighted by atomic mass is 10.2. The number of nitrogens with one attached hydrogen (secondary N) is 2. The molecule has 1 amide bonds. The Kier molecular flexibility index (Phi) is 6.32. The van der Waals surface area contributed by atoms with Gasteiger partial charge in [0, 0.05) is 45.0 Å². The lowest BCUT2D eigenvalue weighted by molar-refractivity contribution is 0.0953. The number of carbonyl (C=O) groups excluding carboxylic acids is 1. The number of hydrogen-bond acceptors (Lipinski definition) is 4. The summed E-state index contributed by atoms with van der Waals surface area (Å²) in [6.45, 7) is 3.44. The zero-order valence-electron chi connectivity index (χ0n) is 11.8.